The summed E-state index contributed by atoms with van der Waals surface area (Å²) >= 11 is 6.02. The molecule has 0 aliphatic carbocycles. The lowest BCUT2D eigenvalue weighted by atomic mass is 10.3. The Morgan fingerprint density at radius 3 is 2.50 bits per heavy atom. The molecule has 0 radical (unpaired) electrons. The molecule has 2 aromatic rings. The number of carbonyl (C=O) groups is 1. The van der Waals surface area contributed by atoms with Crippen LogP contribution >= 0.6 is 11.6 Å². The molecule has 1 fully saturated rings. The third kappa shape index (κ3) is 3.90. The van der Waals surface area contributed by atoms with E-state index in [1.54, 1.807) is 10.9 Å². The van der Waals surface area contributed by atoms with Crippen molar-refractivity contribution in [3.05, 3.63) is 41.2 Å². The Morgan fingerprint density at radius 1 is 1.27 bits per heavy atom. The molecule has 0 spiro atoms. The number of anilines is 1. The minimum Gasteiger partial charge on any atom is -0.379 e. The van der Waals surface area contributed by atoms with Gasteiger partial charge in [0.2, 0.25) is 10.0 Å². The molecule has 1 saturated heterocycles. The van der Waals surface area contributed by atoms with Crippen molar-refractivity contribution in [1.29, 1.82) is 0 Å². The van der Waals surface area contributed by atoms with Gasteiger partial charge in [-0.1, -0.05) is 11.6 Å². The van der Waals surface area contributed by atoms with Gasteiger partial charge in [0.15, 0.2) is 5.69 Å². The zero-order valence-corrected chi connectivity index (χ0v) is 15.8. The minimum atomic E-state index is -3.56. The highest BCUT2D eigenvalue weighted by Gasteiger charge is 2.26. The summed E-state index contributed by atoms with van der Waals surface area (Å²) in [7, 11) is -3.56. The van der Waals surface area contributed by atoms with Gasteiger partial charge in [-0.15, -0.1) is 0 Å². The number of carbonyl (C=O) groups excluding carboxylic acids is 1. The summed E-state index contributed by atoms with van der Waals surface area (Å²) in [5, 5.41) is 7.03. The first-order chi connectivity index (χ1) is 12.4. The predicted molar refractivity (Wildman–Crippen MR) is 96.9 cm³/mol. The smallest absolute Gasteiger partial charge is 0.277 e. The Bertz CT molecular complexity index is 889. The fraction of sp³-hybridized carbons (Fsp3) is 0.375. The van der Waals surface area contributed by atoms with Crippen molar-refractivity contribution in [1.82, 2.24) is 14.1 Å². The van der Waals surface area contributed by atoms with Crippen LogP contribution in [0.4, 0.5) is 5.69 Å². The van der Waals surface area contributed by atoms with E-state index in [-0.39, 0.29) is 15.6 Å². The summed E-state index contributed by atoms with van der Waals surface area (Å²) < 4.78 is 33.3. The number of halogens is 1. The van der Waals surface area contributed by atoms with Gasteiger partial charge in [-0.3, -0.25) is 9.48 Å². The predicted octanol–water partition coefficient (Wildman–Crippen LogP) is 1.83. The van der Waals surface area contributed by atoms with E-state index >= 15 is 0 Å². The zero-order valence-electron chi connectivity index (χ0n) is 14.2. The maximum Gasteiger partial charge on any atom is 0.277 e. The molecule has 1 aliphatic rings. The first-order valence-corrected chi connectivity index (χ1v) is 9.96. The third-order valence-corrected chi connectivity index (χ3v) is 6.17. The van der Waals surface area contributed by atoms with Crippen molar-refractivity contribution >= 4 is 33.2 Å². The SMILES string of the molecule is CCn1cc(Cl)c(C(=O)Nc2ccc(S(=O)(=O)N3CCOCC3)cc2)n1. The van der Waals surface area contributed by atoms with Crippen LogP contribution in [0.3, 0.4) is 0 Å². The van der Waals surface area contributed by atoms with Gasteiger partial charge in [0.25, 0.3) is 5.91 Å². The van der Waals surface area contributed by atoms with Gasteiger partial charge >= 0.3 is 0 Å². The van der Waals surface area contributed by atoms with Crippen molar-refractivity contribution in [3.8, 4) is 0 Å². The molecule has 8 nitrogen and oxygen atoms in total. The Balaban J connectivity index is 1.73. The molecule has 0 atom stereocenters. The lowest BCUT2D eigenvalue weighted by Crippen LogP contribution is -2.40. The molecule has 1 aromatic carbocycles. The number of benzene rings is 1. The van der Waals surface area contributed by atoms with Crippen molar-refractivity contribution in [3.63, 3.8) is 0 Å². The second-order valence-corrected chi connectivity index (χ2v) is 8.02. The molecule has 0 bridgehead atoms. The topological polar surface area (TPSA) is 93.5 Å². The number of nitrogens with zero attached hydrogens (tertiary/aromatic N) is 3. The summed E-state index contributed by atoms with van der Waals surface area (Å²) in [6.07, 6.45) is 1.58. The van der Waals surface area contributed by atoms with Crippen LogP contribution in [0.15, 0.2) is 35.4 Å². The summed E-state index contributed by atoms with van der Waals surface area (Å²) in [6.45, 7) is 3.93. The summed E-state index contributed by atoms with van der Waals surface area (Å²) in [5.74, 6) is -0.453. The summed E-state index contributed by atoms with van der Waals surface area (Å²) in [6, 6.07) is 6.01. The maximum absolute atomic E-state index is 12.6. The highest BCUT2D eigenvalue weighted by molar-refractivity contribution is 7.89. The summed E-state index contributed by atoms with van der Waals surface area (Å²) in [4.78, 5) is 12.5. The van der Waals surface area contributed by atoms with Crippen molar-refractivity contribution < 1.29 is 17.9 Å². The Hall–Kier alpha value is -1.94. The summed E-state index contributed by atoms with van der Waals surface area (Å²) in [5.41, 5.74) is 0.580. The highest BCUT2D eigenvalue weighted by Crippen LogP contribution is 2.21. The van der Waals surface area contributed by atoms with Gasteiger partial charge in [-0.05, 0) is 31.2 Å². The molecule has 0 saturated carbocycles. The molecule has 1 aromatic heterocycles. The Labute approximate surface area is 156 Å². The number of morpholine rings is 1. The molecule has 3 rings (SSSR count). The molecule has 2 heterocycles. The monoisotopic (exact) mass is 398 g/mol. The van der Waals surface area contributed by atoms with E-state index in [2.05, 4.69) is 10.4 Å². The van der Waals surface area contributed by atoms with Gasteiger partial charge in [0, 0.05) is 31.5 Å². The Morgan fingerprint density at radius 2 is 1.92 bits per heavy atom. The number of nitrogens with one attached hydrogen (secondary N) is 1. The maximum atomic E-state index is 12.6. The molecular formula is C16H19ClN4O4S. The van der Waals surface area contributed by atoms with E-state index in [4.69, 9.17) is 16.3 Å². The highest BCUT2D eigenvalue weighted by atomic mass is 35.5. The number of amides is 1. The van der Waals surface area contributed by atoms with E-state index in [1.165, 1.54) is 28.6 Å². The number of hydrogen-bond donors (Lipinski definition) is 1. The average Bonchev–Trinajstić information content (AvgIpc) is 3.04. The van der Waals surface area contributed by atoms with E-state index in [1.807, 2.05) is 6.92 Å². The van der Waals surface area contributed by atoms with Crippen LogP contribution in [0, 0.1) is 0 Å². The number of aromatic nitrogens is 2. The van der Waals surface area contributed by atoms with Gasteiger partial charge in [0.1, 0.15) is 0 Å². The largest absolute Gasteiger partial charge is 0.379 e. The molecule has 1 N–H and O–H groups in total. The molecule has 26 heavy (non-hydrogen) atoms. The minimum absolute atomic E-state index is 0.124. The standard InChI is InChI=1S/C16H19ClN4O4S/c1-2-20-11-14(17)15(19-20)16(22)18-12-3-5-13(6-4-12)26(23,24)21-7-9-25-10-8-21/h3-6,11H,2,7-10H2,1H3,(H,18,22). The second-order valence-electron chi connectivity index (χ2n) is 5.68. The third-order valence-electron chi connectivity index (χ3n) is 3.98. The van der Waals surface area contributed by atoms with Crippen LogP contribution in [0.5, 0.6) is 0 Å². The van der Waals surface area contributed by atoms with Crippen LogP contribution in [-0.2, 0) is 21.3 Å². The van der Waals surface area contributed by atoms with Gasteiger partial charge in [-0.25, -0.2) is 8.42 Å². The van der Waals surface area contributed by atoms with Crippen LogP contribution in [0.2, 0.25) is 5.02 Å². The Kier molecular flexibility index (Phi) is 5.61. The lowest BCUT2D eigenvalue weighted by Gasteiger charge is -2.26. The van der Waals surface area contributed by atoms with E-state index in [9.17, 15) is 13.2 Å². The first kappa shape index (κ1) is 18.8. The molecular weight excluding hydrogens is 380 g/mol. The van der Waals surface area contributed by atoms with Crippen LogP contribution in [-0.4, -0.2) is 54.7 Å². The molecule has 1 aliphatic heterocycles. The molecule has 140 valence electrons. The quantitative estimate of drug-likeness (QED) is 0.829. The van der Waals surface area contributed by atoms with Crippen LogP contribution in [0.25, 0.3) is 0 Å². The average molecular weight is 399 g/mol. The number of sulfonamides is 1. The fourth-order valence-electron chi connectivity index (χ4n) is 2.55. The number of rotatable bonds is 5. The van der Waals surface area contributed by atoms with Gasteiger partial charge in [0.05, 0.1) is 23.1 Å². The number of ether oxygens (including phenoxy) is 1. The van der Waals surface area contributed by atoms with Gasteiger partial charge in [-0.2, -0.15) is 9.40 Å². The fourth-order valence-corrected chi connectivity index (χ4v) is 4.19. The first-order valence-electron chi connectivity index (χ1n) is 8.14. The van der Waals surface area contributed by atoms with Gasteiger partial charge < -0.3 is 10.1 Å². The van der Waals surface area contributed by atoms with Crippen LogP contribution in [0.1, 0.15) is 17.4 Å². The van der Waals surface area contributed by atoms with E-state index in [0.29, 0.717) is 38.5 Å². The van der Waals surface area contributed by atoms with Crippen molar-refractivity contribution in [2.75, 3.05) is 31.6 Å². The van der Waals surface area contributed by atoms with E-state index in [0.717, 1.165) is 0 Å². The normalized spacial score (nSPS) is 15.8. The molecule has 10 heteroatoms. The lowest BCUT2D eigenvalue weighted by molar-refractivity contribution is 0.0730. The number of aryl methyl sites for hydroxylation is 1. The molecule has 1 amide bonds. The van der Waals surface area contributed by atoms with Crippen LogP contribution < -0.4 is 5.32 Å². The van der Waals surface area contributed by atoms with Crippen molar-refractivity contribution in [2.45, 2.75) is 18.4 Å². The van der Waals surface area contributed by atoms with E-state index < -0.39 is 15.9 Å². The zero-order chi connectivity index (χ0) is 18.7. The molecule has 0 unspecified atom stereocenters. The second kappa shape index (κ2) is 7.75. The number of hydrogen-bond acceptors (Lipinski definition) is 5. The van der Waals surface area contributed by atoms with Crippen molar-refractivity contribution in [2.24, 2.45) is 0 Å².